The molecule has 1 aromatic carbocycles. The van der Waals surface area contributed by atoms with Crippen LogP contribution in [0.1, 0.15) is 38.0 Å². The number of nitrogens with one attached hydrogen (secondary N) is 1. The Morgan fingerprint density at radius 3 is 2.70 bits per heavy atom. The average molecular weight is 336 g/mol. The molecule has 1 aliphatic rings. The topological polar surface area (TPSA) is 71.2 Å². The first-order chi connectivity index (χ1) is 11.3. The minimum absolute atomic E-state index is 0.234. The van der Waals surface area contributed by atoms with Crippen LogP contribution >= 0.6 is 11.6 Å². The molecule has 0 bridgehead atoms. The van der Waals surface area contributed by atoms with Gasteiger partial charge in [0.25, 0.3) is 0 Å². The van der Waals surface area contributed by atoms with Crippen LogP contribution in [0.2, 0.25) is 5.02 Å². The zero-order valence-electron chi connectivity index (χ0n) is 13.0. The van der Waals surface area contributed by atoms with Gasteiger partial charge < -0.3 is 14.8 Å². The number of rotatable bonds is 5. The van der Waals surface area contributed by atoms with E-state index in [1.165, 1.54) is 19.3 Å². The molecule has 2 atom stereocenters. The Hall–Kier alpha value is -1.43. The van der Waals surface area contributed by atoms with Gasteiger partial charge in [0.1, 0.15) is 0 Å². The number of nitrogens with zero attached hydrogens (tertiary/aromatic N) is 2. The molecule has 1 heterocycles. The monoisotopic (exact) mass is 335 g/mol. The van der Waals surface area contributed by atoms with Crippen molar-refractivity contribution in [2.24, 2.45) is 5.92 Å². The molecule has 6 heteroatoms. The van der Waals surface area contributed by atoms with E-state index in [0.29, 0.717) is 35.3 Å². The first-order valence-electron chi connectivity index (χ1n) is 8.19. The lowest BCUT2D eigenvalue weighted by Crippen LogP contribution is -2.36. The largest absolute Gasteiger partial charge is 0.419 e. The van der Waals surface area contributed by atoms with Crippen LogP contribution in [0.5, 0.6) is 0 Å². The zero-order chi connectivity index (χ0) is 16.1. The summed E-state index contributed by atoms with van der Waals surface area (Å²) in [7, 11) is 0. The van der Waals surface area contributed by atoms with Crippen LogP contribution < -0.4 is 5.32 Å². The van der Waals surface area contributed by atoms with Crippen LogP contribution in [-0.4, -0.2) is 28.0 Å². The van der Waals surface area contributed by atoms with E-state index in [0.717, 1.165) is 18.4 Å². The van der Waals surface area contributed by atoms with E-state index in [4.69, 9.17) is 16.0 Å². The first-order valence-corrected chi connectivity index (χ1v) is 8.56. The molecule has 1 saturated carbocycles. The van der Waals surface area contributed by atoms with Crippen molar-refractivity contribution in [3.05, 3.63) is 35.2 Å². The molecule has 0 aliphatic heterocycles. The van der Waals surface area contributed by atoms with E-state index in [-0.39, 0.29) is 6.61 Å². The van der Waals surface area contributed by atoms with Gasteiger partial charge in [0.05, 0.1) is 6.54 Å². The summed E-state index contributed by atoms with van der Waals surface area (Å²) in [5, 5.41) is 21.9. The highest BCUT2D eigenvalue weighted by Crippen LogP contribution is 2.24. The van der Waals surface area contributed by atoms with Crippen LogP contribution in [0.25, 0.3) is 11.5 Å². The van der Waals surface area contributed by atoms with Gasteiger partial charge in [-0.1, -0.05) is 30.9 Å². The van der Waals surface area contributed by atoms with Crippen LogP contribution in [0.15, 0.2) is 28.7 Å². The first kappa shape index (κ1) is 16.4. The van der Waals surface area contributed by atoms with Crippen molar-refractivity contribution < 1.29 is 9.52 Å². The van der Waals surface area contributed by atoms with E-state index in [1.807, 2.05) is 12.1 Å². The number of hydrogen-bond donors (Lipinski definition) is 2. The third-order valence-electron chi connectivity index (χ3n) is 4.47. The Kier molecular flexibility index (Phi) is 5.65. The maximum atomic E-state index is 9.56. The quantitative estimate of drug-likeness (QED) is 0.819. The summed E-state index contributed by atoms with van der Waals surface area (Å²) >= 11 is 5.88. The number of benzene rings is 1. The molecule has 0 saturated heterocycles. The third kappa shape index (κ3) is 4.31. The van der Waals surface area contributed by atoms with E-state index in [1.54, 1.807) is 12.1 Å². The molecule has 0 amide bonds. The molecule has 0 unspecified atom stereocenters. The predicted molar refractivity (Wildman–Crippen MR) is 89.0 cm³/mol. The van der Waals surface area contributed by atoms with E-state index >= 15 is 0 Å². The molecule has 3 rings (SSSR count). The van der Waals surface area contributed by atoms with E-state index in [2.05, 4.69) is 15.5 Å². The van der Waals surface area contributed by atoms with Crippen molar-refractivity contribution >= 4 is 11.6 Å². The SMILES string of the molecule is OC[C@H]1CCCCC[C@@H]1NCc1nnc(-c2ccc(Cl)cc2)o1. The highest BCUT2D eigenvalue weighted by atomic mass is 35.5. The summed E-state index contributed by atoms with van der Waals surface area (Å²) in [4.78, 5) is 0. The summed E-state index contributed by atoms with van der Waals surface area (Å²) in [6, 6.07) is 7.64. The van der Waals surface area contributed by atoms with Gasteiger partial charge in [0.2, 0.25) is 11.8 Å². The molecule has 23 heavy (non-hydrogen) atoms. The molecule has 2 aromatic rings. The molecule has 124 valence electrons. The molecule has 0 spiro atoms. The minimum atomic E-state index is 0.234. The fraction of sp³-hybridized carbons (Fsp3) is 0.529. The molecule has 1 fully saturated rings. The Labute approximate surface area is 141 Å². The van der Waals surface area contributed by atoms with Gasteiger partial charge in [-0.3, -0.25) is 0 Å². The lowest BCUT2D eigenvalue weighted by molar-refractivity contribution is 0.179. The standard InChI is InChI=1S/C17H22ClN3O2/c18-14-8-6-12(7-9-14)17-21-20-16(23-17)10-19-15-5-3-1-2-4-13(15)11-22/h6-9,13,15,19,22H,1-5,10-11H2/t13-,15+/m1/s1. The van der Waals surface area contributed by atoms with E-state index in [9.17, 15) is 5.11 Å². The van der Waals surface area contributed by atoms with Crippen molar-refractivity contribution in [2.45, 2.75) is 44.7 Å². The summed E-state index contributed by atoms with van der Waals surface area (Å²) in [5.41, 5.74) is 0.857. The molecule has 2 N–H and O–H groups in total. The Morgan fingerprint density at radius 1 is 1.13 bits per heavy atom. The molecule has 1 aliphatic carbocycles. The van der Waals surface area contributed by atoms with Crippen LogP contribution in [0, 0.1) is 5.92 Å². The third-order valence-corrected chi connectivity index (χ3v) is 4.72. The van der Waals surface area contributed by atoms with Crippen molar-refractivity contribution in [1.82, 2.24) is 15.5 Å². The van der Waals surface area contributed by atoms with Gasteiger partial charge in [0, 0.05) is 23.2 Å². The summed E-state index contributed by atoms with van der Waals surface area (Å²) in [6.07, 6.45) is 5.81. The van der Waals surface area contributed by atoms with Crippen molar-refractivity contribution in [3.8, 4) is 11.5 Å². The smallest absolute Gasteiger partial charge is 0.247 e. The maximum absolute atomic E-state index is 9.56. The Bertz CT molecular complexity index is 615. The van der Waals surface area contributed by atoms with Gasteiger partial charge in [-0.2, -0.15) is 0 Å². The van der Waals surface area contributed by atoms with Crippen LogP contribution in [-0.2, 0) is 6.54 Å². The Morgan fingerprint density at radius 2 is 1.91 bits per heavy atom. The average Bonchev–Trinajstić information content (AvgIpc) is 2.92. The molecular formula is C17H22ClN3O2. The molecule has 5 nitrogen and oxygen atoms in total. The number of aromatic nitrogens is 2. The van der Waals surface area contributed by atoms with Crippen molar-refractivity contribution in [3.63, 3.8) is 0 Å². The molecule has 0 radical (unpaired) electrons. The fourth-order valence-electron chi connectivity index (χ4n) is 3.12. The molecular weight excluding hydrogens is 314 g/mol. The van der Waals surface area contributed by atoms with E-state index < -0.39 is 0 Å². The maximum Gasteiger partial charge on any atom is 0.247 e. The van der Waals surface area contributed by atoms with Gasteiger partial charge in [-0.25, -0.2) is 0 Å². The number of aliphatic hydroxyl groups excluding tert-OH is 1. The lowest BCUT2D eigenvalue weighted by atomic mass is 9.96. The van der Waals surface area contributed by atoms with Gasteiger partial charge in [0.15, 0.2) is 0 Å². The van der Waals surface area contributed by atoms with Gasteiger partial charge in [-0.05, 0) is 43.0 Å². The fourth-order valence-corrected chi connectivity index (χ4v) is 3.25. The highest BCUT2D eigenvalue weighted by molar-refractivity contribution is 6.30. The Balaban J connectivity index is 1.61. The van der Waals surface area contributed by atoms with Gasteiger partial charge >= 0.3 is 0 Å². The highest BCUT2D eigenvalue weighted by Gasteiger charge is 2.23. The van der Waals surface area contributed by atoms with Crippen LogP contribution in [0.4, 0.5) is 0 Å². The van der Waals surface area contributed by atoms with Gasteiger partial charge in [-0.15, -0.1) is 10.2 Å². The lowest BCUT2D eigenvalue weighted by Gasteiger charge is -2.23. The minimum Gasteiger partial charge on any atom is -0.419 e. The van der Waals surface area contributed by atoms with Crippen molar-refractivity contribution in [1.29, 1.82) is 0 Å². The van der Waals surface area contributed by atoms with Crippen LogP contribution in [0.3, 0.4) is 0 Å². The normalized spacial score (nSPS) is 22.0. The second kappa shape index (κ2) is 7.90. The number of halogens is 1. The second-order valence-electron chi connectivity index (χ2n) is 6.08. The summed E-state index contributed by atoms with van der Waals surface area (Å²) in [6.45, 7) is 0.763. The number of aliphatic hydroxyl groups is 1. The van der Waals surface area contributed by atoms with Crippen molar-refractivity contribution in [2.75, 3.05) is 6.61 Å². The summed E-state index contributed by atoms with van der Waals surface area (Å²) < 4.78 is 5.71. The summed E-state index contributed by atoms with van der Waals surface area (Å²) in [5.74, 6) is 1.38. The predicted octanol–water partition coefficient (Wildman–Crippen LogP) is 3.42. The zero-order valence-corrected chi connectivity index (χ0v) is 13.8. The second-order valence-corrected chi connectivity index (χ2v) is 6.51. The number of hydrogen-bond acceptors (Lipinski definition) is 5. The molecule has 1 aromatic heterocycles.